The van der Waals surface area contributed by atoms with Crippen LogP contribution in [-0.4, -0.2) is 31.2 Å². The van der Waals surface area contributed by atoms with Crippen LogP contribution in [0.3, 0.4) is 0 Å². The van der Waals surface area contributed by atoms with Gasteiger partial charge in [-0.15, -0.1) is 12.4 Å². The third-order valence-corrected chi connectivity index (χ3v) is 5.05. The first-order chi connectivity index (χ1) is 9.14. The lowest BCUT2D eigenvalue weighted by molar-refractivity contribution is -0.158. The fraction of sp³-hybridized carbons (Fsp3) is 0.933. The summed E-state index contributed by atoms with van der Waals surface area (Å²) in [6.45, 7) is 5.13. The SMILES string of the molecule is CCOC1CC(NC(=O)C(C)CN)C12CCCCC2.Cl. The molecule has 0 heterocycles. The molecule has 0 saturated heterocycles. The topological polar surface area (TPSA) is 64.3 Å². The Kier molecular flexibility index (Phi) is 6.76. The number of nitrogens with two attached hydrogens (primary N) is 1. The Labute approximate surface area is 128 Å². The normalized spacial score (nSPS) is 29.1. The second kappa shape index (κ2) is 7.62. The molecule has 0 aliphatic heterocycles. The lowest BCUT2D eigenvalue weighted by Gasteiger charge is -2.57. The molecule has 3 atom stereocenters. The van der Waals surface area contributed by atoms with Crippen LogP contribution >= 0.6 is 12.4 Å². The highest BCUT2D eigenvalue weighted by Crippen LogP contribution is 2.53. The van der Waals surface area contributed by atoms with Crippen molar-refractivity contribution >= 4 is 18.3 Å². The van der Waals surface area contributed by atoms with Crippen molar-refractivity contribution in [3.63, 3.8) is 0 Å². The van der Waals surface area contributed by atoms with Crippen LogP contribution in [0.2, 0.25) is 0 Å². The largest absolute Gasteiger partial charge is 0.378 e. The number of rotatable bonds is 5. The Bertz CT molecular complexity index is 319. The zero-order chi connectivity index (χ0) is 13.9. The van der Waals surface area contributed by atoms with Crippen LogP contribution in [0.5, 0.6) is 0 Å². The minimum atomic E-state index is -0.0909. The van der Waals surface area contributed by atoms with Crippen molar-refractivity contribution in [2.24, 2.45) is 17.1 Å². The number of nitrogens with one attached hydrogen (secondary N) is 1. The van der Waals surface area contributed by atoms with Gasteiger partial charge in [0.2, 0.25) is 5.91 Å². The molecule has 5 heteroatoms. The van der Waals surface area contributed by atoms with Crippen molar-refractivity contribution in [3.8, 4) is 0 Å². The third kappa shape index (κ3) is 3.29. The molecular weight excluding hydrogens is 276 g/mol. The first kappa shape index (κ1) is 17.7. The van der Waals surface area contributed by atoms with Gasteiger partial charge < -0.3 is 15.8 Å². The van der Waals surface area contributed by atoms with Gasteiger partial charge >= 0.3 is 0 Å². The summed E-state index contributed by atoms with van der Waals surface area (Å²) in [7, 11) is 0. The van der Waals surface area contributed by atoms with E-state index in [9.17, 15) is 4.79 Å². The highest BCUT2D eigenvalue weighted by Gasteiger charge is 2.56. The smallest absolute Gasteiger partial charge is 0.224 e. The minimum Gasteiger partial charge on any atom is -0.378 e. The highest BCUT2D eigenvalue weighted by atomic mass is 35.5. The van der Waals surface area contributed by atoms with E-state index in [2.05, 4.69) is 12.2 Å². The predicted octanol–water partition coefficient (Wildman–Crippen LogP) is 2.25. The predicted molar refractivity (Wildman–Crippen MR) is 82.9 cm³/mol. The molecular formula is C15H29ClN2O2. The number of halogens is 1. The summed E-state index contributed by atoms with van der Waals surface area (Å²) in [5.74, 6) is 0.0131. The van der Waals surface area contributed by atoms with E-state index in [1.54, 1.807) is 0 Å². The van der Waals surface area contributed by atoms with Gasteiger partial charge in [-0.1, -0.05) is 26.2 Å². The monoisotopic (exact) mass is 304 g/mol. The molecule has 3 unspecified atom stereocenters. The summed E-state index contributed by atoms with van der Waals surface area (Å²) in [5.41, 5.74) is 5.77. The molecule has 2 aliphatic carbocycles. The first-order valence-corrected chi connectivity index (χ1v) is 7.76. The van der Waals surface area contributed by atoms with Crippen LogP contribution < -0.4 is 11.1 Å². The van der Waals surface area contributed by atoms with Gasteiger partial charge in [0.1, 0.15) is 0 Å². The maximum atomic E-state index is 12.0. The molecule has 118 valence electrons. The quantitative estimate of drug-likeness (QED) is 0.819. The number of hydrogen-bond acceptors (Lipinski definition) is 3. The number of amides is 1. The molecule has 2 aliphatic rings. The van der Waals surface area contributed by atoms with E-state index >= 15 is 0 Å². The van der Waals surface area contributed by atoms with Gasteiger partial charge in [-0.2, -0.15) is 0 Å². The highest BCUT2D eigenvalue weighted by molar-refractivity contribution is 5.85. The molecule has 2 fully saturated rings. The second-order valence-corrected chi connectivity index (χ2v) is 6.17. The maximum absolute atomic E-state index is 12.0. The zero-order valence-electron chi connectivity index (χ0n) is 12.7. The Balaban J connectivity index is 0.00000200. The van der Waals surface area contributed by atoms with Crippen molar-refractivity contribution in [3.05, 3.63) is 0 Å². The van der Waals surface area contributed by atoms with Crippen molar-refractivity contribution in [1.29, 1.82) is 0 Å². The lowest BCUT2D eigenvalue weighted by atomic mass is 9.55. The molecule has 2 rings (SSSR count). The van der Waals surface area contributed by atoms with E-state index in [4.69, 9.17) is 10.5 Å². The molecule has 0 aromatic rings. The van der Waals surface area contributed by atoms with Crippen LogP contribution in [0, 0.1) is 11.3 Å². The summed E-state index contributed by atoms with van der Waals surface area (Å²) in [4.78, 5) is 12.0. The molecule has 1 amide bonds. The van der Waals surface area contributed by atoms with Crippen LogP contribution in [0.15, 0.2) is 0 Å². The number of hydrogen-bond donors (Lipinski definition) is 2. The molecule has 0 aromatic heterocycles. The molecule has 0 radical (unpaired) electrons. The summed E-state index contributed by atoms with van der Waals surface area (Å²) >= 11 is 0. The average Bonchev–Trinajstić information content (AvgIpc) is 2.46. The Hall–Kier alpha value is -0.320. The molecule has 2 saturated carbocycles. The number of carbonyl (C=O) groups is 1. The van der Waals surface area contributed by atoms with Crippen molar-refractivity contribution in [2.75, 3.05) is 13.2 Å². The third-order valence-electron chi connectivity index (χ3n) is 5.05. The number of ether oxygens (including phenoxy) is 1. The minimum absolute atomic E-state index is 0. The van der Waals surface area contributed by atoms with E-state index in [1.807, 2.05) is 6.92 Å². The second-order valence-electron chi connectivity index (χ2n) is 6.17. The molecule has 3 N–H and O–H groups in total. The van der Waals surface area contributed by atoms with Crippen molar-refractivity contribution in [2.45, 2.75) is 64.5 Å². The Morgan fingerprint density at radius 3 is 2.60 bits per heavy atom. The summed E-state index contributed by atoms with van der Waals surface area (Å²) in [6.07, 6.45) is 7.55. The van der Waals surface area contributed by atoms with Crippen LogP contribution in [0.25, 0.3) is 0 Å². The van der Waals surface area contributed by atoms with Crippen LogP contribution in [0.4, 0.5) is 0 Å². The summed E-state index contributed by atoms with van der Waals surface area (Å²) < 4.78 is 5.89. The summed E-state index contributed by atoms with van der Waals surface area (Å²) in [6, 6.07) is 0.297. The maximum Gasteiger partial charge on any atom is 0.224 e. The molecule has 0 aromatic carbocycles. The van der Waals surface area contributed by atoms with Gasteiger partial charge in [-0.25, -0.2) is 0 Å². The lowest BCUT2D eigenvalue weighted by Crippen LogP contribution is -2.66. The molecule has 0 bridgehead atoms. The van der Waals surface area contributed by atoms with Gasteiger partial charge in [0, 0.05) is 30.5 Å². The molecule has 1 spiro atoms. The van der Waals surface area contributed by atoms with Crippen LogP contribution in [-0.2, 0) is 9.53 Å². The zero-order valence-corrected chi connectivity index (χ0v) is 13.5. The van der Waals surface area contributed by atoms with Crippen molar-refractivity contribution < 1.29 is 9.53 Å². The van der Waals surface area contributed by atoms with Crippen LogP contribution in [0.1, 0.15) is 52.4 Å². The standard InChI is InChI=1S/C15H28N2O2.ClH/c1-3-19-13-9-12(17-14(18)11(2)10-16)15(13)7-5-4-6-8-15;/h11-13H,3-10,16H2,1-2H3,(H,17,18);1H. The van der Waals surface area contributed by atoms with E-state index in [1.165, 1.54) is 32.1 Å². The molecule has 20 heavy (non-hydrogen) atoms. The van der Waals surface area contributed by atoms with Gasteiger partial charge in [0.05, 0.1) is 6.10 Å². The van der Waals surface area contributed by atoms with E-state index < -0.39 is 0 Å². The Morgan fingerprint density at radius 1 is 1.40 bits per heavy atom. The first-order valence-electron chi connectivity index (χ1n) is 7.76. The van der Waals surface area contributed by atoms with E-state index in [0.29, 0.717) is 18.7 Å². The summed E-state index contributed by atoms with van der Waals surface area (Å²) in [5, 5.41) is 3.22. The fourth-order valence-corrected chi connectivity index (χ4v) is 3.69. The van der Waals surface area contributed by atoms with Gasteiger partial charge in [-0.3, -0.25) is 4.79 Å². The number of carbonyl (C=O) groups excluding carboxylic acids is 1. The van der Waals surface area contributed by atoms with Gasteiger partial charge in [-0.05, 0) is 26.2 Å². The fourth-order valence-electron chi connectivity index (χ4n) is 3.69. The van der Waals surface area contributed by atoms with Gasteiger partial charge in [0.25, 0.3) is 0 Å². The average molecular weight is 305 g/mol. The van der Waals surface area contributed by atoms with E-state index in [0.717, 1.165) is 13.0 Å². The van der Waals surface area contributed by atoms with Gasteiger partial charge in [0.15, 0.2) is 0 Å². The van der Waals surface area contributed by atoms with E-state index in [-0.39, 0.29) is 29.6 Å². The Morgan fingerprint density at radius 2 is 2.05 bits per heavy atom. The van der Waals surface area contributed by atoms with Crippen molar-refractivity contribution in [1.82, 2.24) is 5.32 Å². The molecule has 4 nitrogen and oxygen atoms in total.